The molecule has 0 saturated carbocycles. The minimum Gasteiger partial charge on any atom is -0.329 e. The van der Waals surface area contributed by atoms with Crippen molar-refractivity contribution in [3.63, 3.8) is 0 Å². The number of nitrogens with zero attached hydrogens (tertiary/aromatic N) is 6. The van der Waals surface area contributed by atoms with Crippen LogP contribution in [0.5, 0.6) is 0 Å². The van der Waals surface area contributed by atoms with Crippen LogP contribution in [0, 0.1) is 0 Å². The maximum Gasteiger partial charge on any atom is 0.163 e. The lowest BCUT2D eigenvalue weighted by Gasteiger charge is -1.97. The zero-order valence-electron chi connectivity index (χ0n) is 9.98. The van der Waals surface area contributed by atoms with E-state index in [0.29, 0.717) is 13.1 Å². The number of fused-ring (bicyclic) bond motifs is 1. The number of aryl methyl sites for hydroxylation is 1. The van der Waals surface area contributed by atoms with Gasteiger partial charge in [0.1, 0.15) is 5.69 Å². The third kappa shape index (κ3) is 1.65. The molecule has 7 nitrogen and oxygen atoms in total. The summed E-state index contributed by atoms with van der Waals surface area (Å²) in [6.45, 7) is 1.19. The fraction of sp³-hybridized carbons (Fsp3) is 0.273. The van der Waals surface area contributed by atoms with Gasteiger partial charge in [-0.3, -0.25) is 9.67 Å². The Bertz CT molecular complexity index is 682. The van der Waals surface area contributed by atoms with Crippen molar-refractivity contribution in [2.24, 2.45) is 12.8 Å². The Kier molecular flexibility index (Phi) is 2.52. The summed E-state index contributed by atoms with van der Waals surface area (Å²) in [5.74, 6) is 0.779. The van der Waals surface area contributed by atoms with Crippen molar-refractivity contribution in [2.45, 2.75) is 6.54 Å². The molecule has 3 rings (SSSR count). The monoisotopic (exact) mass is 243 g/mol. The van der Waals surface area contributed by atoms with Crippen molar-refractivity contribution in [3.8, 4) is 11.5 Å². The third-order valence-corrected chi connectivity index (χ3v) is 2.81. The van der Waals surface area contributed by atoms with Crippen LogP contribution in [0.3, 0.4) is 0 Å². The van der Waals surface area contributed by atoms with Gasteiger partial charge in [-0.25, -0.2) is 4.98 Å². The Hall–Kier alpha value is -2.28. The summed E-state index contributed by atoms with van der Waals surface area (Å²) in [5.41, 5.74) is 8.09. The van der Waals surface area contributed by atoms with Gasteiger partial charge in [-0.15, -0.1) is 5.10 Å². The van der Waals surface area contributed by atoms with Gasteiger partial charge in [-0.1, -0.05) is 5.21 Å². The first-order valence-corrected chi connectivity index (χ1v) is 5.66. The first-order chi connectivity index (χ1) is 8.79. The second-order valence-electron chi connectivity index (χ2n) is 4.01. The number of nitrogens with two attached hydrogens (primary N) is 1. The summed E-state index contributed by atoms with van der Waals surface area (Å²) < 4.78 is 3.67. The van der Waals surface area contributed by atoms with Crippen molar-refractivity contribution in [1.82, 2.24) is 29.5 Å². The van der Waals surface area contributed by atoms with Crippen LogP contribution in [0.15, 0.2) is 24.7 Å². The second-order valence-corrected chi connectivity index (χ2v) is 4.01. The molecule has 18 heavy (non-hydrogen) atoms. The fourth-order valence-electron chi connectivity index (χ4n) is 1.91. The molecular weight excluding hydrogens is 230 g/mol. The van der Waals surface area contributed by atoms with Crippen LogP contribution in [-0.2, 0) is 13.6 Å². The maximum absolute atomic E-state index is 5.48. The quantitative estimate of drug-likeness (QED) is 0.709. The predicted octanol–water partition coefficient (Wildman–Crippen LogP) is 0.185. The van der Waals surface area contributed by atoms with Gasteiger partial charge in [-0.2, -0.15) is 0 Å². The minimum absolute atomic E-state index is 0.537. The van der Waals surface area contributed by atoms with Crippen LogP contribution in [-0.4, -0.2) is 36.1 Å². The average Bonchev–Trinajstić information content (AvgIpc) is 2.96. The summed E-state index contributed by atoms with van der Waals surface area (Å²) in [7, 11) is 1.94. The number of aromatic nitrogens is 6. The lowest BCUT2D eigenvalue weighted by molar-refractivity contribution is 0.598. The van der Waals surface area contributed by atoms with E-state index in [1.807, 2.05) is 23.9 Å². The fourth-order valence-corrected chi connectivity index (χ4v) is 1.91. The Morgan fingerprint density at radius 1 is 1.39 bits per heavy atom. The van der Waals surface area contributed by atoms with E-state index in [1.165, 1.54) is 0 Å². The van der Waals surface area contributed by atoms with Crippen LogP contribution < -0.4 is 5.73 Å². The zero-order chi connectivity index (χ0) is 12.5. The number of pyridine rings is 1. The lowest BCUT2D eigenvalue weighted by Crippen LogP contribution is -2.10. The van der Waals surface area contributed by atoms with Crippen LogP contribution in [0.1, 0.15) is 0 Å². The predicted molar refractivity (Wildman–Crippen MR) is 66.6 cm³/mol. The molecule has 0 radical (unpaired) electrons. The Balaban J connectivity index is 2.10. The van der Waals surface area contributed by atoms with E-state index in [9.17, 15) is 0 Å². The number of hydrogen-bond acceptors (Lipinski definition) is 5. The van der Waals surface area contributed by atoms with E-state index in [-0.39, 0.29) is 0 Å². The first-order valence-electron chi connectivity index (χ1n) is 5.66. The molecule has 0 bridgehead atoms. The van der Waals surface area contributed by atoms with E-state index in [2.05, 4.69) is 20.3 Å². The largest absolute Gasteiger partial charge is 0.329 e. The summed E-state index contributed by atoms with van der Waals surface area (Å²) in [6, 6.07) is 1.88. The van der Waals surface area contributed by atoms with Crippen LogP contribution in [0.25, 0.3) is 22.6 Å². The van der Waals surface area contributed by atoms with Gasteiger partial charge in [0, 0.05) is 19.8 Å². The molecule has 0 atom stereocenters. The molecule has 0 aliphatic carbocycles. The van der Waals surface area contributed by atoms with Crippen LogP contribution in [0.2, 0.25) is 0 Å². The van der Waals surface area contributed by atoms with Gasteiger partial charge in [0.2, 0.25) is 0 Å². The SMILES string of the molecule is Cn1c(-c2cn(CCN)nn2)nc2ccncc21. The van der Waals surface area contributed by atoms with Crippen molar-refractivity contribution in [3.05, 3.63) is 24.7 Å². The van der Waals surface area contributed by atoms with Gasteiger partial charge in [-0.05, 0) is 6.07 Å². The molecule has 92 valence electrons. The molecule has 3 heterocycles. The lowest BCUT2D eigenvalue weighted by atomic mass is 10.4. The Morgan fingerprint density at radius 2 is 2.28 bits per heavy atom. The maximum atomic E-state index is 5.48. The van der Waals surface area contributed by atoms with E-state index in [1.54, 1.807) is 17.1 Å². The van der Waals surface area contributed by atoms with Crippen molar-refractivity contribution in [1.29, 1.82) is 0 Å². The molecule has 0 fully saturated rings. The smallest absolute Gasteiger partial charge is 0.163 e. The molecule has 0 spiro atoms. The molecule has 7 heteroatoms. The molecule has 3 aromatic heterocycles. The van der Waals surface area contributed by atoms with E-state index < -0.39 is 0 Å². The number of hydrogen-bond donors (Lipinski definition) is 1. The molecule has 2 N–H and O–H groups in total. The average molecular weight is 243 g/mol. The zero-order valence-corrected chi connectivity index (χ0v) is 9.98. The highest BCUT2D eigenvalue weighted by Gasteiger charge is 2.12. The molecule has 0 aliphatic rings. The van der Waals surface area contributed by atoms with Crippen LogP contribution >= 0.6 is 0 Å². The van der Waals surface area contributed by atoms with Crippen molar-refractivity contribution < 1.29 is 0 Å². The van der Waals surface area contributed by atoms with Crippen molar-refractivity contribution in [2.75, 3.05) is 6.54 Å². The number of imidazole rings is 1. The number of rotatable bonds is 3. The van der Waals surface area contributed by atoms with Gasteiger partial charge in [0.05, 0.1) is 30.0 Å². The normalized spacial score (nSPS) is 11.2. The highest BCUT2D eigenvalue weighted by Crippen LogP contribution is 2.20. The first kappa shape index (κ1) is 10.8. The Morgan fingerprint density at radius 3 is 3.06 bits per heavy atom. The molecular formula is C11H13N7. The summed E-state index contributed by atoms with van der Waals surface area (Å²) in [6.07, 6.45) is 5.36. The third-order valence-electron chi connectivity index (χ3n) is 2.81. The second kappa shape index (κ2) is 4.19. The molecule has 0 aromatic carbocycles. The summed E-state index contributed by atoms with van der Waals surface area (Å²) in [5, 5.41) is 8.13. The Labute approximate surface area is 103 Å². The highest BCUT2D eigenvalue weighted by atomic mass is 15.4. The molecule has 0 aliphatic heterocycles. The standard InChI is InChI=1S/C11H13N7/c1-17-10-6-13-4-2-8(10)14-11(17)9-7-18(5-3-12)16-15-9/h2,4,6-7H,3,5,12H2,1H3. The highest BCUT2D eigenvalue weighted by molar-refractivity contribution is 5.78. The van der Waals surface area contributed by atoms with E-state index >= 15 is 0 Å². The molecule has 0 saturated heterocycles. The molecule has 3 aromatic rings. The van der Waals surface area contributed by atoms with Crippen molar-refractivity contribution >= 4 is 11.0 Å². The van der Waals surface area contributed by atoms with E-state index in [0.717, 1.165) is 22.6 Å². The summed E-state index contributed by atoms with van der Waals surface area (Å²) >= 11 is 0. The molecule has 0 unspecified atom stereocenters. The minimum atomic E-state index is 0.537. The van der Waals surface area contributed by atoms with Gasteiger partial charge in [0.15, 0.2) is 5.82 Å². The summed E-state index contributed by atoms with van der Waals surface area (Å²) in [4.78, 5) is 8.63. The van der Waals surface area contributed by atoms with Gasteiger partial charge >= 0.3 is 0 Å². The van der Waals surface area contributed by atoms with E-state index in [4.69, 9.17) is 5.73 Å². The topological polar surface area (TPSA) is 87.4 Å². The van der Waals surface area contributed by atoms with Gasteiger partial charge in [0.25, 0.3) is 0 Å². The van der Waals surface area contributed by atoms with Crippen LogP contribution in [0.4, 0.5) is 0 Å². The van der Waals surface area contributed by atoms with Gasteiger partial charge < -0.3 is 10.3 Å². The molecule has 0 amide bonds.